The fourth-order valence-electron chi connectivity index (χ4n) is 3.61. The average molecular weight is 496 g/mol. The maximum atomic E-state index is 13.1. The lowest BCUT2D eigenvalue weighted by atomic mass is 10.2. The standard InChI is InChI=1S/C21H22ClN3O5S2/c1-14-11-15(22)3-6-18(14)30-13-20(26)24-7-9-25(10-8-24)32(28,29)16-4-5-17-19(12-16)31-21(27)23(17)2/h3-6,11-12H,7-10,13H2,1-2H3. The number of fused-ring (bicyclic) bond motifs is 1. The lowest BCUT2D eigenvalue weighted by Gasteiger charge is -2.34. The van der Waals surface area contributed by atoms with Crippen molar-refractivity contribution in [1.82, 2.24) is 13.8 Å². The molecule has 32 heavy (non-hydrogen) atoms. The first-order valence-electron chi connectivity index (χ1n) is 9.93. The number of halogens is 1. The Bertz CT molecular complexity index is 1340. The van der Waals surface area contributed by atoms with Crippen molar-refractivity contribution < 1.29 is 17.9 Å². The summed E-state index contributed by atoms with van der Waals surface area (Å²) in [5.41, 5.74) is 1.53. The summed E-state index contributed by atoms with van der Waals surface area (Å²) in [6.45, 7) is 2.66. The molecule has 0 spiro atoms. The van der Waals surface area contributed by atoms with E-state index in [1.54, 1.807) is 36.2 Å². The van der Waals surface area contributed by atoms with Gasteiger partial charge in [0.2, 0.25) is 10.0 Å². The number of ether oxygens (including phenoxy) is 1. The predicted molar refractivity (Wildman–Crippen MR) is 124 cm³/mol. The third-order valence-electron chi connectivity index (χ3n) is 5.48. The van der Waals surface area contributed by atoms with E-state index in [9.17, 15) is 18.0 Å². The molecule has 0 unspecified atom stereocenters. The Hall–Kier alpha value is -2.40. The zero-order chi connectivity index (χ0) is 23.0. The van der Waals surface area contributed by atoms with Crippen molar-refractivity contribution in [2.45, 2.75) is 11.8 Å². The number of rotatable bonds is 5. The van der Waals surface area contributed by atoms with Crippen LogP contribution in [0.15, 0.2) is 46.1 Å². The minimum absolute atomic E-state index is 0.126. The second kappa shape index (κ2) is 8.86. The molecule has 2 aromatic carbocycles. The average Bonchev–Trinajstić information content (AvgIpc) is 3.06. The van der Waals surface area contributed by atoms with Crippen molar-refractivity contribution in [2.24, 2.45) is 7.05 Å². The highest BCUT2D eigenvalue weighted by molar-refractivity contribution is 7.89. The molecule has 170 valence electrons. The zero-order valence-corrected chi connectivity index (χ0v) is 20.0. The van der Waals surface area contributed by atoms with Gasteiger partial charge in [0.15, 0.2) is 6.61 Å². The molecule has 4 rings (SSSR count). The van der Waals surface area contributed by atoms with E-state index in [1.807, 2.05) is 6.92 Å². The van der Waals surface area contributed by atoms with Crippen molar-refractivity contribution in [1.29, 1.82) is 0 Å². The maximum absolute atomic E-state index is 13.1. The second-order valence-corrected chi connectivity index (χ2v) is 10.9. The molecule has 1 amide bonds. The smallest absolute Gasteiger partial charge is 0.307 e. The highest BCUT2D eigenvalue weighted by Crippen LogP contribution is 2.25. The van der Waals surface area contributed by atoms with Crippen LogP contribution >= 0.6 is 22.9 Å². The number of carbonyl (C=O) groups is 1. The highest BCUT2D eigenvalue weighted by atomic mass is 35.5. The van der Waals surface area contributed by atoms with Crippen LogP contribution in [0.3, 0.4) is 0 Å². The van der Waals surface area contributed by atoms with Crippen molar-refractivity contribution in [3.63, 3.8) is 0 Å². The highest BCUT2D eigenvalue weighted by Gasteiger charge is 2.30. The molecule has 0 bridgehead atoms. The Labute approximate surface area is 194 Å². The topological polar surface area (TPSA) is 88.9 Å². The SMILES string of the molecule is Cc1cc(Cl)ccc1OCC(=O)N1CCN(S(=O)(=O)c2ccc3c(c2)sc(=O)n3C)CC1. The van der Waals surface area contributed by atoms with E-state index < -0.39 is 10.0 Å². The molecule has 1 aromatic heterocycles. The van der Waals surface area contributed by atoms with Crippen LogP contribution in [-0.2, 0) is 21.9 Å². The van der Waals surface area contributed by atoms with Crippen LogP contribution in [0.2, 0.25) is 5.02 Å². The number of carbonyl (C=O) groups excluding carboxylic acids is 1. The van der Waals surface area contributed by atoms with Crippen LogP contribution < -0.4 is 9.61 Å². The molecule has 1 aliphatic heterocycles. The number of benzene rings is 2. The summed E-state index contributed by atoms with van der Waals surface area (Å²) in [5, 5.41) is 0.596. The first-order chi connectivity index (χ1) is 15.2. The molecule has 1 saturated heterocycles. The van der Waals surface area contributed by atoms with E-state index in [4.69, 9.17) is 16.3 Å². The summed E-state index contributed by atoms with van der Waals surface area (Å²) in [6.07, 6.45) is 0. The molecule has 11 heteroatoms. The van der Waals surface area contributed by atoms with E-state index in [-0.39, 0.29) is 48.5 Å². The van der Waals surface area contributed by atoms with E-state index in [2.05, 4.69) is 0 Å². The molecule has 0 radical (unpaired) electrons. The van der Waals surface area contributed by atoms with Crippen molar-refractivity contribution in [3.05, 3.63) is 56.7 Å². The van der Waals surface area contributed by atoms with Crippen LogP contribution in [-0.4, -0.2) is 60.9 Å². The Morgan fingerprint density at radius 2 is 1.84 bits per heavy atom. The van der Waals surface area contributed by atoms with Crippen LogP contribution in [0.4, 0.5) is 0 Å². The molecule has 1 aliphatic rings. The number of hydrogen-bond acceptors (Lipinski definition) is 6. The quantitative estimate of drug-likeness (QED) is 0.542. The van der Waals surface area contributed by atoms with Crippen LogP contribution in [0, 0.1) is 6.92 Å². The molecular formula is C21H22ClN3O5S2. The number of thiazole rings is 1. The summed E-state index contributed by atoms with van der Waals surface area (Å²) in [5.74, 6) is 0.384. The second-order valence-electron chi connectivity index (χ2n) is 7.54. The molecular weight excluding hydrogens is 474 g/mol. The zero-order valence-electron chi connectivity index (χ0n) is 17.6. The number of sulfonamides is 1. The molecule has 3 aromatic rings. The van der Waals surface area contributed by atoms with Gasteiger partial charge in [-0.05, 0) is 48.9 Å². The van der Waals surface area contributed by atoms with Gasteiger partial charge in [-0.3, -0.25) is 9.59 Å². The Kier molecular flexibility index (Phi) is 6.30. The Morgan fingerprint density at radius 1 is 1.12 bits per heavy atom. The molecule has 0 atom stereocenters. The molecule has 0 saturated carbocycles. The first-order valence-corrected chi connectivity index (χ1v) is 12.6. The van der Waals surface area contributed by atoms with Gasteiger partial charge in [-0.25, -0.2) is 8.42 Å². The van der Waals surface area contributed by atoms with Gasteiger partial charge in [0.05, 0.1) is 15.1 Å². The number of aryl methyl sites for hydroxylation is 2. The fourth-order valence-corrected chi connectivity index (χ4v) is 6.28. The van der Waals surface area contributed by atoms with Crippen LogP contribution in [0.1, 0.15) is 5.56 Å². The van der Waals surface area contributed by atoms with E-state index in [0.717, 1.165) is 16.9 Å². The Balaban J connectivity index is 1.39. The number of aromatic nitrogens is 1. The maximum Gasteiger partial charge on any atom is 0.307 e. The van der Waals surface area contributed by atoms with Crippen LogP contribution in [0.5, 0.6) is 5.75 Å². The molecule has 0 aliphatic carbocycles. The number of piperazine rings is 1. The summed E-state index contributed by atoms with van der Waals surface area (Å²) in [7, 11) is -2.07. The summed E-state index contributed by atoms with van der Waals surface area (Å²) in [4.78, 5) is 26.0. The van der Waals surface area contributed by atoms with Crippen molar-refractivity contribution in [2.75, 3.05) is 32.8 Å². The largest absolute Gasteiger partial charge is 0.483 e. The minimum atomic E-state index is -3.72. The van der Waals surface area contributed by atoms with Crippen molar-refractivity contribution in [3.8, 4) is 5.75 Å². The third-order valence-corrected chi connectivity index (χ3v) is 8.61. The normalized spacial score (nSPS) is 15.3. The van der Waals surface area contributed by atoms with Gasteiger partial charge in [-0.15, -0.1) is 0 Å². The van der Waals surface area contributed by atoms with Gasteiger partial charge >= 0.3 is 4.87 Å². The lowest BCUT2D eigenvalue weighted by molar-refractivity contribution is -0.134. The molecule has 1 fully saturated rings. The lowest BCUT2D eigenvalue weighted by Crippen LogP contribution is -2.51. The Morgan fingerprint density at radius 3 is 2.53 bits per heavy atom. The first kappa shape index (κ1) is 22.8. The van der Waals surface area contributed by atoms with Gasteiger partial charge in [-0.1, -0.05) is 22.9 Å². The van der Waals surface area contributed by atoms with Gasteiger partial charge in [0.25, 0.3) is 5.91 Å². The van der Waals surface area contributed by atoms with Gasteiger partial charge in [-0.2, -0.15) is 4.31 Å². The number of nitrogens with zero attached hydrogens (tertiary/aromatic N) is 3. The third kappa shape index (κ3) is 4.40. The van der Waals surface area contributed by atoms with E-state index >= 15 is 0 Å². The minimum Gasteiger partial charge on any atom is -0.483 e. The number of hydrogen-bond donors (Lipinski definition) is 0. The summed E-state index contributed by atoms with van der Waals surface area (Å²) < 4.78 is 35.3. The van der Waals surface area contributed by atoms with E-state index in [0.29, 0.717) is 21.0 Å². The van der Waals surface area contributed by atoms with Crippen LogP contribution in [0.25, 0.3) is 10.2 Å². The molecule has 0 N–H and O–H groups in total. The van der Waals surface area contributed by atoms with Gasteiger partial charge in [0.1, 0.15) is 5.75 Å². The molecule has 2 heterocycles. The van der Waals surface area contributed by atoms with Gasteiger partial charge < -0.3 is 14.2 Å². The predicted octanol–water partition coefficient (Wildman–Crippen LogP) is 2.47. The summed E-state index contributed by atoms with van der Waals surface area (Å²) in [6, 6.07) is 9.88. The van der Waals surface area contributed by atoms with E-state index in [1.165, 1.54) is 21.0 Å². The van der Waals surface area contributed by atoms with Gasteiger partial charge in [0, 0.05) is 38.2 Å². The fraction of sp³-hybridized carbons (Fsp3) is 0.333. The monoisotopic (exact) mass is 495 g/mol. The van der Waals surface area contributed by atoms with Crippen molar-refractivity contribution >= 4 is 49.1 Å². The number of amides is 1. The molecule has 8 nitrogen and oxygen atoms in total. The summed E-state index contributed by atoms with van der Waals surface area (Å²) >= 11 is 6.95.